The molecule has 0 bridgehead atoms. The van der Waals surface area contributed by atoms with Gasteiger partial charge in [-0.1, -0.05) is 12.1 Å². The molecule has 0 saturated carbocycles. The second-order valence-electron chi connectivity index (χ2n) is 4.55. The van der Waals surface area contributed by atoms with Gasteiger partial charge in [0.25, 0.3) is 5.69 Å². The predicted molar refractivity (Wildman–Crippen MR) is 86.5 cm³/mol. The largest absolute Gasteiger partial charge is 0.333 e. The van der Waals surface area contributed by atoms with Crippen LogP contribution in [0.25, 0.3) is 21.3 Å². The third-order valence-electron chi connectivity index (χ3n) is 3.11. The second-order valence-corrected chi connectivity index (χ2v) is 6.82. The molecule has 0 atom stereocenters. The number of imidazole rings is 1. The van der Waals surface area contributed by atoms with Gasteiger partial charge >= 0.3 is 0 Å². The fraction of sp³-hybridized carbons (Fsp3) is 0. The number of H-pyrrole nitrogens is 1. The SMILES string of the molecule is O=[N+]([O-])c1ccc2nc(Sc3nc4ccccc4[nH]3)sc2c1. The summed E-state index contributed by atoms with van der Waals surface area (Å²) in [5.74, 6) is 0. The highest BCUT2D eigenvalue weighted by molar-refractivity contribution is 8.01. The number of para-hydroxylation sites is 2. The van der Waals surface area contributed by atoms with Crippen LogP contribution < -0.4 is 0 Å². The van der Waals surface area contributed by atoms with Gasteiger partial charge in [-0.3, -0.25) is 10.1 Å². The molecule has 6 nitrogen and oxygen atoms in total. The van der Waals surface area contributed by atoms with E-state index in [-0.39, 0.29) is 5.69 Å². The van der Waals surface area contributed by atoms with Crippen molar-refractivity contribution in [3.8, 4) is 0 Å². The van der Waals surface area contributed by atoms with Gasteiger partial charge in [0, 0.05) is 12.1 Å². The lowest BCUT2D eigenvalue weighted by atomic mass is 10.3. The second kappa shape index (κ2) is 5.08. The fourth-order valence-electron chi connectivity index (χ4n) is 2.11. The number of benzene rings is 2. The molecule has 8 heteroatoms. The average Bonchev–Trinajstić information content (AvgIpc) is 3.08. The zero-order valence-electron chi connectivity index (χ0n) is 11.0. The number of aromatic amines is 1. The summed E-state index contributed by atoms with van der Waals surface area (Å²) in [6, 6.07) is 12.5. The zero-order chi connectivity index (χ0) is 15.1. The number of nitrogens with one attached hydrogen (secondary N) is 1. The molecule has 0 radical (unpaired) electrons. The van der Waals surface area contributed by atoms with Crippen LogP contribution in [0.15, 0.2) is 52.0 Å². The highest BCUT2D eigenvalue weighted by Gasteiger charge is 2.12. The first-order valence-corrected chi connectivity index (χ1v) is 8.00. The Morgan fingerprint density at radius 3 is 2.82 bits per heavy atom. The molecule has 4 rings (SSSR count). The number of nitro groups is 1. The molecule has 0 aliphatic carbocycles. The van der Waals surface area contributed by atoms with Gasteiger partial charge in [0.2, 0.25) is 0 Å². The Kier molecular flexibility index (Phi) is 3.05. The number of nitro benzene ring substituents is 1. The lowest BCUT2D eigenvalue weighted by Crippen LogP contribution is -1.85. The van der Waals surface area contributed by atoms with Crippen LogP contribution in [0, 0.1) is 10.1 Å². The van der Waals surface area contributed by atoms with E-state index in [2.05, 4.69) is 15.0 Å². The smallest absolute Gasteiger partial charge is 0.270 e. The van der Waals surface area contributed by atoms with E-state index >= 15 is 0 Å². The highest BCUT2D eigenvalue weighted by Crippen LogP contribution is 2.35. The van der Waals surface area contributed by atoms with Gasteiger partial charge in [0.15, 0.2) is 9.50 Å². The van der Waals surface area contributed by atoms with Crippen molar-refractivity contribution in [2.45, 2.75) is 9.50 Å². The molecule has 0 unspecified atom stereocenters. The normalized spacial score (nSPS) is 11.3. The molecule has 4 aromatic rings. The number of non-ortho nitro benzene ring substituents is 1. The van der Waals surface area contributed by atoms with E-state index in [4.69, 9.17) is 0 Å². The average molecular weight is 328 g/mol. The summed E-state index contributed by atoms with van der Waals surface area (Å²) in [5.41, 5.74) is 2.72. The highest BCUT2D eigenvalue weighted by atomic mass is 32.2. The number of hydrogen-bond acceptors (Lipinski definition) is 6. The van der Waals surface area contributed by atoms with Gasteiger partial charge in [-0.25, -0.2) is 9.97 Å². The monoisotopic (exact) mass is 328 g/mol. The molecule has 0 spiro atoms. The summed E-state index contributed by atoms with van der Waals surface area (Å²) in [4.78, 5) is 22.6. The molecule has 0 saturated heterocycles. The molecule has 0 amide bonds. The van der Waals surface area contributed by atoms with Crippen molar-refractivity contribution < 1.29 is 4.92 Å². The Morgan fingerprint density at radius 2 is 2.00 bits per heavy atom. The molecule has 2 aromatic carbocycles. The first-order chi connectivity index (χ1) is 10.7. The molecule has 0 aliphatic rings. The molecule has 0 fully saturated rings. The summed E-state index contributed by atoms with van der Waals surface area (Å²) >= 11 is 2.85. The maximum absolute atomic E-state index is 10.8. The summed E-state index contributed by atoms with van der Waals surface area (Å²) in [6.07, 6.45) is 0. The zero-order valence-corrected chi connectivity index (χ0v) is 12.6. The number of hydrogen-bond donors (Lipinski definition) is 1. The Balaban J connectivity index is 1.70. The first kappa shape index (κ1) is 13.2. The van der Waals surface area contributed by atoms with Crippen molar-refractivity contribution in [2.24, 2.45) is 0 Å². The van der Waals surface area contributed by atoms with Crippen molar-refractivity contribution in [1.29, 1.82) is 0 Å². The van der Waals surface area contributed by atoms with Gasteiger partial charge in [-0.2, -0.15) is 0 Å². The Bertz CT molecular complexity index is 975. The standard InChI is InChI=1S/C14H8N4O2S2/c19-18(20)8-5-6-11-12(7-8)21-14(17-11)22-13-15-9-3-1-2-4-10(9)16-13/h1-7H,(H,15,16). The van der Waals surface area contributed by atoms with Crippen LogP contribution in [-0.4, -0.2) is 19.9 Å². The van der Waals surface area contributed by atoms with E-state index in [1.54, 1.807) is 12.1 Å². The van der Waals surface area contributed by atoms with Gasteiger partial charge in [-0.15, -0.1) is 11.3 Å². The van der Waals surface area contributed by atoms with Gasteiger partial charge in [0.05, 0.1) is 26.2 Å². The van der Waals surface area contributed by atoms with E-state index in [0.29, 0.717) is 0 Å². The van der Waals surface area contributed by atoms with Crippen LogP contribution in [0.2, 0.25) is 0 Å². The number of fused-ring (bicyclic) bond motifs is 2. The summed E-state index contributed by atoms with van der Waals surface area (Å²) < 4.78 is 1.60. The first-order valence-electron chi connectivity index (χ1n) is 6.37. The molecule has 108 valence electrons. The Hall–Kier alpha value is -2.45. The van der Waals surface area contributed by atoms with E-state index in [1.807, 2.05) is 24.3 Å². The van der Waals surface area contributed by atoms with Crippen LogP contribution in [-0.2, 0) is 0 Å². The van der Waals surface area contributed by atoms with Crippen LogP contribution in [0.1, 0.15) is 0 Å². The maximum Gasteiger partial charge on any atom is 0.270 e. The molecular weight excluding hydrogens is 320 g/mol. The number of rotatable bonds is 3. The number of aromatic nitrogens is 3. The fourth-order valence-corrected chi connectivity index (χ4v) is 4.13. The molecule has 1 N–H and O–H groups in total. The van der Waals surface area contributed by atoms with Crippen LogP contribution in [0.3, 0.4) is 0 Å². The molecular formula is C14H8N4O2S2. The van der Waals surface area contributed by atoms with Crippen molar-refractivity contribution in [1.82, 2.24) is 15.0 Å². The van der Waals surface area contributed by atoms with Crippen molar-refractivity contribution in [3.05, 3.63) is 52.6 Å². The quantitative estimate of drug-likeness (QED) is 0.449. The predicted octanol–water partition coefficient (Wildman–Crippen LogP) is 4.23. The Labute approximate surface area is 132 Å². The van der Waals surface area contributed by atoms with Crippen LogP contribution in [0.4, 0.5) is 5.69 Å². The van der Waals surface area contributed by atoms with E-state index in [9.17, 15) is 10.1 Å². The lowest BCUT2D eigenvalue weighted by molar-refractivity contribution is -0.384. The van der Waals surface area contributed by atoms with Crippen molar-refractivity contribution >= 4 is 50.0 Å². The van der Waals surface area contributed by atoms with Crippen molar-refractivity contribution in [2.75, 3.05) is 0 Å². The third-order valence-corrected chi connectivity index (χ3v) is 5.08. The van der Waals surface area contributed by atoms with Crippen LogP contribution in [0.5, 0.6) is 0 Å². The van der Waals surface area contributed by atoms with E-state index in [0.717, 1.165) is 30.7 Å². The summed E-state index contributed by atoms with van der Waals surface area (Å²) in [7, 11) is 0. The lowest BCUT2D eigenvalue weighted by Gasteiger charge is -1.88. The minimum Gasteiger partial charge on any atom is -0.333 e. The molecule has 0 aliphatic heterocycles. The maximum atomic E-state index is 10.8. The van der Waals surface area contributed by atoms with Crippen LogP contribution >= 0.6 is 23.1 Å². The molecule has 2 heterocycles. The summed E-state index contributed by atoms with van der Waals surface area (Å²) in [6.45, 7) is 0. The van der Waals surface area contributed by atoms with E-state index < -0.39 is 4.92 Å². The molecule has 2 aromatic heterocycles. The summed E-state index contributed by atoms with van der Waals surface area (Å²) in [5, 5.41) is 11.6. The minimum atomic E-state index is -0.398. The third kappa shape index (κ3) is 2.32. The number of nitrogens with zero attached hydrogens (tertiary/aromatic N) is 3. The van der Waals surface area contributed by atoms with Gasteiger partial charge in [0.1, 0.15) is 0 Å². The number of thiazole rings is 1. The van der Waals surface area contributed by atoms with Gasteiger partial charge in [-0.05, 0) is 30.0 Å². The van der Waals surface area contributed by atoms with Gasteiger partial charge < -0.3 is 4.98 Å². The minimum absolute atomic E-state index is 0.0800. The Morgan fingerprint density at radius 1 is 1.14 bits per heavy atom. The topological polar surface area (TPSA) is 84.7 Å². The van der Waals surface area contributed by atoms with E-state index in [1.165, 1.54) is 29.2 Å². The van der Waals surface area contributed by atoms with Crippen molar-refractivity contribution in [3.63, 3.8) is 0 Å². The molecule has 22 heavy (non-hydrogen) atoms.